The summed E-state index contributed by atoms with van der Waals surface area (Å²) < 4.78 is 0. The molecule has 0 bridgehead atoms. The van der Waals surface area contributed by atoms with E-state index in [1.807, 2.05) is 18.5 Å². The maximum Gasteiger partial charge on any atom is 0.164 e. The molecule has 2 aromatic rings. The highest BCUT2D eigenvalue weighted by atomic mass is 16.1. The summed E-state index contributed by atoms with van der Waals surface area (Å²) in [4.78, 5) is 20.7. The minimum Gasteiger partial charge on any atom is -0.362 e. The summed E-state index contributed by atoms with van der Waals surface area (Å²) in [6.45, 7) is 7.49. The molecule has 0 saturated heterocycles. The van der Waals surface area contributed by atoms with Crippen molar-refractivity contribution in [2.24, 2.45) is 15.6 Å². The Morgan fingerprint density at radius 3 is 2.91 bits per heavy atom. The highest BCUT2D eigenvalue weighted by Gasteiger charge is 2.53. The van der Waals surface area contributed by atoms with Crippen molar-refractivity contribution >= 4 is 17.2 Å². The Morgan fingerprint density at radius 2 is 2.06 bits per heavy atom. The van der Waals surface area contributed by atoms with E-state index in [4.69, 9.17) is 0 Å². The molecule has 6 heteroatoms. The smallest absolute Gasteiger partial charge is 0.164 e. The molecule has 1 aromatic heterocycles. The summed E-state index contributed by atoms with van der Waals surface area (Å²) >= 11 is 0. The number of carbonyl (C=O) groups is 1. The predicted octanol–water partition coefficient (Wildman–Crippen LogP) is 5.74. The number of fused-ring (bicyclic) bond motifs is 2. The predicted molar refractivity (Wildman–Crippen MR) is 133 cm³/mol. The zero-order valence-electron chi connectivity index (χ0n) is 20.1. The van der Waals surface area contributed by atoms with Crippen molar-refractivity contribution in [3.63, 3.8) is 0 Å². The van der Waals surface area contributed by atoms with Crippen LogP contribution in [0, 0.1) is 5.41 Å². The van der Waals surface area contributed by atoms with Crippen LogP contribution in [0.1, 0.15) is 57.7 Å². The monoisotopic (exact) mass is 453 g/mol. The summed E-state index contributed by atoms with van der Waals surface area (Å²) in [7, 11) is 0. The fourth-order valence-electron chi connectivity index (χ4n) is 6.49. The van der Waals surface area contributed by atoms with Gasteiger partial charge in [-0.25, -0.2) is 0 Å². The molecule has 4 heterocycles. The molecule has 6 rings (SSSR count). The number of hydrogen-bond acceptors (Lipinski definition) is 6. The molecular weight excluding hydrogens is 422 g/mol. The molecule has 174 valence electrons. The van der Waals surface area contributed by atoms with Gasteiger partial charge >= 0.3 is 0 Å². The van der Waals surface area contributed by atoms with Crippen LogP contribution in [0.4, 0.5) is 11.4 Å². The molecule has 1 aromatic carbocycles. The highest BCUT2D eigenvalue weighted by Crippen LogP contribution is 2.54. The minimum absolute atomic E-state index is 0.0638. The van der Waals surface area contributed by atoms with Gasteiger partial charge in [-0.1, -0.05) is 32.9 Å². The Kier molecular flexibility index (Phi) is 4.77. The van der Waals surface area contributed by atoms with E-state index in [-0.39, 0.29) is 17.4 Å². The number of carbonyl (C=O) groups excluding carboxylic acids is 1. The second-order valence-corrected chi connectivity index (χ2v) is 10.7. The third-order valence-electron chi connectivity index (χ3n) is 7.91. The van der Waals surface area contributed by atoms with Gasteiger partial charge < -0.3 is 10.2 Å². The van der Waals surface area contributed by atoms with Crippen LogP contribution in [0.2, 0.25) is 0 Å². The van der Waals surface area contributed by atoms with Gasteiger partial charge in [0.15, 0.2) is 11.9 Å². The van der Waals surface area contributed by atoms with E-state index in [1.165, 1.54) is 5.69 Å². The highest BCUT2D eigenvalue weighted by molar-refractivity contribution is 6.01. The summed E-state index contributed by atoms with van der Waals surface area (Å²) in [6.07, 6.45) is 7.83. The maximum atomic E-state index is 13.7. The number of allylic oxidation sites excluding steroid dienone is 2. The zero-order chi connectivity index (χ0) is 23.5. The molecular formula is C28H31N5O. The summed E-state index contributed by atoms with van der Waals surface area (Å²) in [5.41, 5.74) is 7.09. The average Bonchev–Trinajstić information content (AvgIpc) is 3.30. The standard InChI is InChI=1S/C28H31N5O/c1-4-28(20-17-30-32-26(20)31-22-15-27(2,3)16-24(34)25(22)28)18-8-5-9-19(14-18)33-13-7-10-21-23(33)11-6-12-29-21/h5-6,8-9,11-12,14,17,26,31H,4,7,10,13,15-16H2,1-3H3. The van der Waals surface area contributed by atoms with Crippen molar-refractivity contribution in [1.82, 2.24) is 10.3 Å². The molecule has 0 saturated carbocycles. The normalized spacial score (nSPS) is 27.0. The molecule has 6 nitrogen and oxygen atoms in total. The van der Waals surface area contributed by atoms with Gasteiger partial charge in [-0.05, 0) is 60.9 Å². The molecule has 2 unspecified atom stereocenters. The number of nitrogens with one attached hydrogen (secondary N) is 1. The number of Topliss-reactive ketones (excluding diaryl/α,β-unsaturated/α-hetero) is 1. The largest absolute Gasteiger partial charge is 0.362 e. The molecule has 1 aliphatic carbocycles. The van der Waals surface area contributed by atoms with Crippen LogP contribution in [0.3, 0.4) is 0 Å². The Balaban J connectivity index is 1.53. The summed E-state index contributed by atoms with van der Waals surface area (Å²) in [5, 5.41) is 12.4. The van der Waals surface area contributed by atoms with Crippen LogP contribution in [-0.4, -0.2) is 23.5 Å². The SMILES string of the molecule is CCC1(c2cccc(N3CCCc4ncccc43)c2)C2=CN=NC2NC2=C1C(=O)CC(C)(C)C2. The van der Waals surface area contributed by atoms with Crippen LogP contribution in [0.15, 0.2) is 75.9 Å². The quantitative estimate of drug-likeness (QED) is 0.644. The number of ketones is 1. The van der Waals surface area contributed by atoms with Gasteiger partial charge in [0.1, 0.15) is 0 Å². The van der Waals surface area contributed by atoms with Crippen molar-refractivity contribution in [2.75, 3.05) is 11.4 Å². The minimum atomic E-state index is -0.522. The first-order valence-electron chi connectivity index (χ1n) is 12.4. The van der Waals surface area contributed by atoms with E-state index in [9.17, 15) is 4.79 Å². The van der Waals surface area contributed by atoms with Gasteiger partial charge in [-0.15, -0.1) is 0 Å². The molecule has 0 radical (unpaired) electrons. The number of hydrogen-bond donors (Lipinski definition) is 1. The first-order valence-corrected chi connectivity index (χ1v) is 12.4. The Labute approximate surface area is 200 Å². The van der Waals surface area contributed by atoms with Crippen LogP contribution in [0.5, 0.6) is 0 Å². The van der Waals surface area contributed by atoms with E-state index in [2.05, 4.69) is 76.5 Å². The lowest BCUT2D eigenvalue weighted by atomic mass is 9.59. The molecule has 4 aliphatic rings. The lowest BCUT2D eigenvalue weighted by Gasteiger charge is -2.48. The fourth-order valence-corrected chi connectivity index (χ4v) is 6.49. The molecule has 0 amide bonds. The van der Waals surface area contributed by atoms with Crippen molar-refractivity contribution in [3.05, 3.63) is 76.9 Å². The number of rotatable bonds is 3. The molecule has 0 fully saturated rings. The van der Waals surface area contributed by atoms with E-state index in [0.29, 0.717) is 6.42 Å². The van der Waals surface area contributed by atoms with Gasteiger partial charge in [0.2, 0.25) is 0 Å². The first-order chi connectivity index (χ1) is 16.4. The number of nitrogens with zero attached hydrogens (tertiary/aromatic N) is 4. The topological polar surface area (TPSA) is 70.0 Å². The maximum absolute atomic E-state index is 13.7. The number of azo groups is 1. The molecule has 1 N–H and O–H groups in total. The van der Waals surface area contributed by atoms with Crippen molar-refractivity contribution in [3.8, 4) is 0 Å². The molecule has 0 spiro atoms. The second-order valence-electron chi connectivity index (χ2n) is 10.7. The third-order valence-corrected chi connectivity index (χ3v) is 7.91. The number of pyridine rings is 1. The average molecular weight is 454 g/mol. The van der Waals surface area contributed by atoms with Crippen LogP contribution in [0.25, 0.3) is 0 Å². The van der Waals surface area contributed by atoms with E-state index in [1.54, 1.807) is 0 Å². The lowest BCUT2D eigenvalue weighted by molar-refractivity contribution is -0.119. The van der Waals surface area contributed by atoms with Gasteiger partial charge in [-0.3, -0.25) is 9.78 Å². The van der Waals surface area contributed by atoms with E-state index in [0.717, 1.165) is 66.0 Å². The van der Waals surface area contributed by atoms with Gasteiger partial charge in [-0.2, -0.15) is 10.2 Å². The third kappa shape index (κ3) is 3.07. The summed E-state index contributed by atoms with van der Waals surface area (Å²) in [6, 6.07) is 12.9. The summed E-state index contributed by atoms with van der Waals surface area (Å²) in [5.74, 6) is 0.241. The van der Waals surface area contributed by atoms with E-state index >= 15 is 0 Å². The number of benzene rings is 1. The molecule has 3 aliphatic heterocycles. The van der Waals surface area contributed by atoms with Crippen LogP contribution in [-0.2, 0) is 16.6 Å². The van der Waals surface area contributed by atoms with Crippen molar-refractivity contribution < 1.29 is 4.79 Å². The van der Waals surface area contributed by atoms with Crippen LogP contribution < -0.4 is 10.2 Å². The number of aryl methyl sites for hydroxylation is 1. The fraction of sp³-hybridized carbons (Fsp3) is 0.429. The van der Waals surface area contributed by atoms with Gasteiger partial charge in [0.05, 0.1) is 23.0 Å². The van der Waals surface area contributed by atoms with Crippen molar-refractivity contribution in [1.29, 1.82) is 0 Å². The Bertz CT molecular complexity index is 1270. The zero-order valence-corrected chi connectivity index (χ0v) is 20.1. The second kappa shape index (κ2) is 7.62. The number of anilines is 2. The van der Waals surface area contributed by atoms with E-state index < -0.39 is 5.41 Å². The Morgan fingerprint density at radius 1 is 1.18 bits per heavy atom. The number of aromatic nitrogens is 1. The molecule has 2 atom stereocenters. The van der Waals surface area contributed by atoms with Crippen LogP contribution >= 0.6 is 0 Å². The Hall–Kier alpha value is -3.28. The van der Waals surface area contributed by atoms with Crippen molar-refractivity contribution in [2.45, 2.75) is 64.5 Å². The first kappa shape index (κ1) is 21.3. The lowest BCUT2D eigenvalue weighted by Crippen LogP contribution is -2.51. The van der Waals surface area contributed by atoms with Gasteiger partial charge in [0, 0.05) is 41.7 Å². The molecule has 34 heavy (non-hydrogen) atoms. The van der Waals surface area contributed by atoms with Gasteiger partial charge in [0.25, 0.3) is 0 Å².